The van der Waals surface area contributed by atoms with Gasteiger partial charge in [-0.15, -0.1) is 0 Å². The first-order valence-corrected chi connectivity index (χ1v) is 6.09. The molecule has 110 valence electrons. The van der Waals surface area contributed by atoms with Crippen LogP contribution in [0.15, 0.2) is 41.0 Å². The van der Waals surface area contributed by atoms with E-state index in [1.54, 1.807) is 12.1 Å². The third-order valence-corrected chi connectivity index (χ3v) is 2.59. The van der Waals surface area contributed by atoms with Crippen LogP contribution in [-0.4, -0.2) is 11.8 Å². The zero-order chi connectivity index (χ0) is 15.2. The van der Waals surface area contributed by atoms with Crippen molar-refractivity contribution in [1.29, 1.82) is 0 Å². The molecule has 0 spiro atoms. The summed E-state index contributed by atoms with van der Waals surface area (Å²) >= 11 is 0. The number of rotatable bonds is 5. The zero-order valence-corrected chi connectivity index (χ0v) is 10.9. The standard InChI is InChI=1S/C14H12F2N2O3/c15-10-4-1-5-11(16)14(10)18-13(20)7-12(19)17-8-9-3-2-6-21-9/h1-6H,7-8H2,(H,17,19)(H,18,20). The largest absolute Gasteiger partial charge is 0.467 e. The maximum absolute atomic E-state index is 13.3. The summed E-state index contributed by atoms with van der Waals surface area (Å²) in [5, 5.41) is 4.48. The molecule has 0 bridgehead atoms. The minimum absolute atomic E-state index is 0.132. The van der Waals surface area contributed by atoms with E-state index in [1.807, 2.05) is 5.32 Å². The molecular formula is C14H12F2N2O3. The fourth-order valence-corrected chi connectivity index (χ4v) is 1.61. The molecule has 7 heteroatoms. The van der Waals surface area contributed by atoms with Crippen molar-refractivity contribution < 1.29 is 22.8 Å². The molecule has 0 fully saturated rings. The Hall–Kier alpha value is -2.70. The fraction of sp³-hybridized carbons (Fsp3) is 0.143. The molecule has 0 aliphatic heterocycles. The Kier molecular flexibility index (Phi) is 4.65. The van der Waals surface area contributed by atoms with Crippen LogP contribution in [-0.2, 0) is 16.1 Å². The molecule has 2 rings (SSSR count). The predicted octanol–water partition coefficient (Wildman–Crippen LogP) is 2.20. The van der Waals surface area contributed by atoms with Crippen LogP contribution in [0.2, 0.25) is 0 Å². The lowest BCUT2D eigenvalue weighted by atomic mass is 10.2. The second-order valence-electron chi connectivity index (χ2n) is 4.18. The van der Waals surface area contributed by atoms with Gasteiger partial charge in [-0.25, -0.2) is 8.78 Å². The Balaban J connectivity index is 1.85. The van der Waals surface area contributed by atoms with Gasteiger partial charge in [0.05, 0.1) is 12.8 Å². The molecule has 1 heterocycles. The van der Waals surface area contributed by atoms with Crippen molar-refractivity contribution in [1.82, 2.24) is 5.32 Å². The minimum atomic E-state index is -0.903. The van der Waals surface area contributed by atoms with Crippen LogP contribution >= 0.6 is 0 Å². The van der Waals surface area contributed by atoms with E-state index in [0.717, 1.165) is 12.1 Å². The van der Waals surface area contributed by atoms with Gasteiger partial charge in [-0.1, -0.05) is 6.07 Å². The molecule has 0 unspecified atom stereocenters. The van der Waals surface area contributed by atoms with E-state index in [0.29, 0.717) is 5.76 Å². The van der Waals surface area contributed by atoms with Crippen LogP contribution in [0.4, 0.5) is 14.5 Å². The molecule has 0 atom stereocenters. The Morgan fingerprint density at radius 2 is 1.76 bits per heavy atom. The molecule has 0 aliphatic carbocycles. The van der Waals surface area contributed by atoms with Crippen molar-refractivity contribution in [3.05, 3.63) is 54.0 Å². The number of nitrogens with one attached hydrogen (secondary N) is 2. The van der Waals surface area contributed by atoms with Crippen molar-refractivity contribution in [2.75, 3.05) is 5.32 Å². The molecule has 0 radical (unpaired) electrons. The highest BCUT2D eigenvalue weighted by Crippen LogP contribution is 2.17. The molecule has 2 N–H and O–H groups in total. The number of furan rings is 1. The van der Waals surface area contributed by atoms with Gasteiger partial charge in [-0.05, 0) is 24.3 Å². The van der Waals surface area contributed by atoms with Crippen LogP contribution in [0, 0.1) is 11.6 Å². The van der Waals surface area contributed by atoms with Gasteiger partial charge < -0.3 is 15.1 Å². The number of carbonyl (C=O) groups is 2. The summed E-state index contributed by atoms with van der Waals surface area (Å²) in [6.45, 7) is 0.132. The van der Waals surface area contributed by atoms with E-state index in [-0.39, 0.29) is 6.54 Å². The maximum atomic E-state index is 13.3. The SMILES string of the molecule is O=C(CC(=O)Nc1c(F)cccc1F)NCc1ccco1. The Morgan fingerprint density at radius 3 is 2.38 bits per heavy atom. The van der Waals surface area contributed by atoms with Gasteiger partial charge in [0.25, 0.3) is 0 Å². The van der Waals surface area contributed by atoms with Gasteiger partial charge in [0, 0.05) is 0 Å². The monoisotopic (exact) mass is 294 g/mol. The predicted molar refractivity (Wildman–Crippen MR) is 70.2 cm³/mol. The van der Waals surface area contributed by atoms with E-state index in [1.165, 1.54) is 12.3 Å². The van der Waals surface area contributed by atoms with E-state index in [4.69, 9.17) is 4.42 Å². The van der Waals surface area contributed by atoms with Crippen molar-refractivity contribution in [2.24, 2.45) is 0 Å². The summed E-state index contributed by atoms with van der Waals surface area (Å²) in [4.78, 5) is 23.1. The number of amides is 2. The summed E-state index contributed by atoms with van der Waals surface area (Å²) in [6, 6.07) is 6.52. The second-order valence-corrected chi connectivity index (χ2v) is 4.18. The van der Waals surface area contributed by atoms with Gasteiger partial charge in [0.15, 0.2) is 0 Å². The Bertz CT molecular complexity index is 621. The van der Waals surface area contributed by atoms with Crippen LogP contribution in [0.25, 0.3) is 0 Å². The van der Waals surface area contributed by atoms with Gasteiger partial charge in [-0.2, -0.15) is 0 Å². The molecule has 2 aromatic rings. The minimum Gasteiger partial charge on any atom is -0.467 e. The number of hydrogen-bond acceptors (Lipinski definition) is 3. The molecule has 0 saturated carbocycles. The third-order valence-electron chi connectivity index (χ3n) is 2.59. The maximum Gasteiger partial charge on any atom is 0.233 e. The lowest BCUT2D eigenvalue weighted by molar-refractivity contribution is -0.127. The van der Waals surface area contributed by atoms with Crippen molar-refractivity contribution >= 4 is 17.5 Å². The molecule has 0 aliphatic rings. The first kappa shape index (κ1) is 14.7. The number of para-hydroxylation sites is 1. The molecule has 2 amide bonds. The first-order valence-electron chi connectivity index (χ1n) is 6.09. The zero-order valence-electron chi connectivity index (χ0n) is 10.9. The first-order chi connectivity index (χ1) is 10.1. The summed E-state index contributed by atoms with van der Waals surface area (Å²) in [7, 11) is 0. The fourth-order valence-electron chi connectivity index (χ4n) is 1.61. The molecule has 0 saturated heterocycles. The van der Waals surface area contributed by atoms with Gasteiger partial charge in [0.2, 0.25) is 11.8 Å². The van der Waals surface area contributed by atoms with E-state index in [2.05, 4.69) is 5.32 Å². The summed E-state index contributed by atoms with van der Waals surface area (Å²) in [6.07, 6.45) is 0.906. The third kappa shape index (κ3) is 4.13. The van der Waals surface area contributed by atoms with E-state index < -0.39 is 35.6 Å². The summed E-state index contributed by atoms with van der Waals surface area (Å²) in [5.41, 5.74) is -0.568. The highest BCUT2D eigenvalue weighted by Gasteiger charge is 2.14. The van der Waals surface area contributed by atoms with Gasteiger partial charge in [-0.3, -0.25) is 9.59 Å². The van der Waals surface area contributed by atoms with Crippen LogP contribution in [0.5, 0.6) is 0 Å². The highest BCUT2D eigenvalue weighted by molar-refractivity contribution is 6.03. The second kappa shape index (κ2) is 6.65. The molecular weight excluding hydrogens is 282 g/mol. The summed E-state index contributed by atoms with van der Waals surface area (Å²) < 4.78 is 31.6. The van der Waals surface area contributed by atoms with Crippen molar-refractivity contribution in [3.63, 3.8) is 0 Å². The average molecular weight is 294 g/mol. The van der Waals surface area contributed by atoms with Crippen molar-refractivity contribution in [2.45, 2.75) is 13.0 Å². The molecule has 1 aromatic heterocycles. The molecule has 1 aromatic carbocycles. The summed E-state index contributed by atoms with van der Waals surface area (Å²) in [5.74, 6) is -2.67. The molecule has 5 nitrogen and oxygen atoms in total. The number of anilines is 1. The number of benzene rings is 1. The molecule has 21 heavy (non-hydrogen) atoms. The van der Waals surface area contributed by atoms with Gasteiger partial charge in [0.1, 0.15) is 29.5 Å². The van der Waals surface area contributed by atoms with E-state index >= 15 is 0 Å². The van der Waals surface area contributed by atoms with Crippen LogP contribution in [0.1, 0.15) is 12.2 Å². The number of carbonyl (C=O) groups excluding carboxylic acids is 2. The Morgan fingerprint density at radius 1 is 1.05 bits per heavy atom. The van der Waals surface area contributed by atoms with E-state index in [9.17, 15) is 18.4 Å². The lowest BCUT2D eigenvalue weighted by Gasteiger charge is -2.07. The number of halogens is 2. The quantitative estimate of drug-likeness (QED) is 0.830. The normalized spacial score (nSPS) is 10.2. The van der Waals surface area contributed by atoms with Gasteiger partial charge >= 0.3 is 0 Å². The van der Waals surface area contributed by atoms with Crippen LogP contribution in [0.3, 0.4) is 0 Å². The average Bonchev–Trinajstić information content (AvgIpc) is 2.94. The van der Waals surface area contributed by atoms with Crippen LogP contribution < -0.4 is 10.6 Å². The number of hydrogen-bond donors (Lipinski definition) is 2. The smallest absolute Gasteiger partial charge is 0.233 e. The topological polar surface area (TPSA) is 71.3 Å². The Labute approximate surface area is 118 Å². The van der Waals surface area contributed by atoms with Crippen molar-refractivity contribution in [3.8, 4) is 0 Å². The highest BCUT2D eigenvalue weighted by atomic mass is 19.1. The lowest BCUT2D eigenvalue weighted by Crippen LogP contribution is -2.28.